The molecule has 0 N–H and O–H groups in total. The third-order valence-electron chi connectivity index (χ3n) is 4.51. The van der Waals surface area contributed by atoms with Gasteiger partial charge in [-0.15, -0.1) is 0 Å². The second-order valence-electron chi connectivity index (χ2n) is 7.03. The van der Waals surface area contributed by atoms with E-state index in [-0.39, 0.29) is 0 Å². The van der Waals surface area contributed by atoms with Crippen LogP contribution in [0, 0.1) is 23.7 Å². The quantitative estimate of drug-likeness (QED) is 0.385. The molecular weight excluding hydrogens is 216 g/mol. The fraction of sp³-hybridized carbons (Fsp3) is 1.00. The summed E-state index contributed by atoms with van der Waals surface area (Å²) in [6.45, 7) is 14.3. The summed E-state index contributed by atoms with van der Waals surface area (Å²) in [7, 11) is 0. The Bertz CT molecular complexity index is 167. The second-order valence-corrected chi connectivity index (χ2v) is 7.03. The molecule has 0 aliphatic carbocycles. The zero-order valence-corrected chi connectivity index (χ0v) is 14.0. The van der Waals surface area contributed by atoms with Crippen LogP contribution in [0.15, 0.2) is 0 Å². The van der Waals surface area contributed by atoms with Crippen LogP contribution < -0.4 is 0 Å². The van der Waals surface area contributed by atoms with Crippen molar-refractivity contribution >= 4 is 0 Å². The van der Waals surface area contributed by atoms with E-state index in [1.54, 1.807) is 0 Å². The highest BCUT2D eigenvalue weighted by atomic mass is 14.2. The molecule has 110 valence electrons. The van der Waals surface area contributed by atoms with Crippen LogP contribution in [0.25, 0.3) is 0 Å². The first-order valence-corrected chi connectivity index (χ1v) is 8.49. The van der Waals surface area contributed by atoms with Crippen LogP contribution in [0.3, 0.4) is 0 Å². The van der Waals surface area contributed by atoms with Crippen LogP contribution in [0.5, 0.6) is 0 Å². The highest BCUT2D eigenvalue weighted by Crippen LogP contribution is 2.25. The van der Waals surface area contributed by atoms with Crippen LogP contribution >= 0.6 is 0 Å². The lowest BCUT2D eigenvalue weighted by molar-refractivity contribution is 0.326. The van der Waals surface area contributed by atoms with Crippen LogP contribution in [-0.4, -0.2) is 0 Å². The van der Waals surface area contributed by atoms with E-state index in [2.05, 4.69) is 41.5 Å². The molecule has 0 heteroatoms. The van der Waals surface area contributed by atoms with Crippen molar-refractivity contribution in [3.63, 3.8) is 0 Å². The molecular formula is C18H38. The van der Waals surface area contributed by atoms with E-state index in [1.165, 1.54) is 51.4 Å². The lowest BCUT2D eigenvalue weighted by Crippen LogP contribution is -2.06. The Labute approximate surface area is 117 Å². The Morgan fingerprint density at radius 3 is 1.72 bits per heavy atom. The van der Waals surface area contributed by atoms with Gasteiger partial charge in [-0.25, -0.2) is 0 Å². The maximum Gasteiger partial charge on any atom is -0.0419 e. The summed E-state index contributed by atoms with van der Waals surface area (Å²) in [4.78, 5) is 0. The predicted molar refractivity (Wildman–Crippen MR) is 84.9 cm³/mol. The third kappa shape index (κ3) is 9.97. The lowest BCUT2D eigenvalue weighted by Gasteiger charge is -2.20. The highest BCUT2D eigenvalue weighted by molar-refractivity contribution is 4.64. The lowest BCUT2D eigenvalue weighted by atomic mass is 9.86. The van der Waals surface area contributed by atoms with Gasteiger partial charge in [-0.3, -0.25) is 0 Å². The summed E-state index contributed by atoms with van der Waals surface area (Å²) in [5.41, 5.74) is 0. The van der Waals surface area contributed by atoms with Crippen LogP contribution in [0.4, 0.5) is 0 Å². The molecule has 0 saturated carbocycles. The van der Waals surface area contributed by atoms with E-state index in [0.717, 1.165) is 23.7 Å². The van der Waals surface area contributed by atoms with Gasteiger partial charge < -0.3 is 0 Å². The van der Waals surface area contributed by atoms with Crippen molar-refractivity contribution in [2.75, 3.05) is 0 Å². The Morgan fingerprint density at radius 2 is 1.22 bits per heavy atom. The van der Waals surface area contributed by atoms with Gasteiger partial charge in [0.25, 0.3) is 0 Å². The summed E-state index contributed by atoms with van der Waals surface area (Å²) < 4.78 is 0. The van der Waals surface area contributed by atoms with Crippen LogP contribution in [0.2, 0.25) is 0 Å². The van der Waals surface area contributed by atoms with E-state index < -0.39 is 0 Å². The molecule has 2 atom stereocenters. The largest absolute Gasteiger partial charge is 0.0651 e. The molecule has 18 heavy (non-hydrogen) atoms. The van der Waals surface area contributed by atoms with Crippen molar-refractivity contribution in [2.24, 2.45) is 23.7 Å². The predicted octanol–water partition coefficient (Wildman–Crippen LogP) is 6.69. The first-order valence-electron chi connectivity index (χ1n) is 8.49. The minimum Gasteiger partial charge on any atom is -0.0651 e. The topological polar surface area (TPSA) is 0 Å². The van der Waals surface area contributed by atoms with E-state index >= 15 is 0 Å². The Hall–Kier alpha value is 0. The molecule has 0 aromatic rings. The summed E-state index contributed by atoms with van der Waals surface area (Å²) >= 11 is 0. The molecule has 0 aliphatic rings. The van der Waals surface area contributed by atoms with Crippen molar-refractivity contribution in [2.45, 2.75) is 92.9 Å². The van der Waals surface area contributed by atoms with Gasteiger partial charge in [-0.1, -0.05) is 86.5 Å². The molecule has 0 aliphatic heterocycles. The fourth-order valence-electron chi connectivity index (χ4n) is 3.01. The summed E-state index contributed by atoms with van der Waals surface area (Å²) in [6.07, 6.45) is 11.4. The second kappa shape index (κ2) is 10.9. The molecule has 0 rings (SSSR count). The van der Waals surface area contributed by atoms with Crippen LogP contribution in [0.1, 0.15) is 92.9 Å². The normalized spacial score (nSPS) is 15.3. The van der Waals surface area contributed by atoms with Crippen molar-refractivity contribution in [3.05, 3.63) is 0 Å². The molecule has 0 fully saturated rings. The number of rotatable bonds is 11. The first kappa shape index (κ1) is 18.0. The average molecular weight is 255 g/mol. The van der Waals surface area contributed by atoms with E-state index in [4.69, 9.17) is 0 Å². The van der Waals surface area contributed by atoms with Crippen molar-refractivity contribution in [1.29, 1.82) is 0 Å². The SMILES string of the molecule is CCC(CC)CCC(C)CC(C)CCCC(C)C. The minimum absolute atomic E-state index is 0.879. The standard InChI is InChI=1S/C18H38/c1-7-18(8-2)13-12-17(6)14-16(5)11-9-10-15(3)4/h15-18H,7-14H2,1-6H3. The molecule has 0 amide bonds. The van der Waals surface area contributed by atoms with E-state index in [9.17, 15) is 0 Å². The smallest absolute Gasteiger partial charge is 0.0419 e. The molecule has 0 heterocycles. The molecule has 0 spiro atoms. The Kier molecular flexibility index (Phi) is 10.9. The fourth-order valence-corrected chi connectivity index (χ4v) is 3.01. The monoisotopic (exact) mass is 254 g/mol. The van der Waals surface area contributed by atoms with Gasteiger partial charge in [0, 0.05) is 0 Å². The van der Waals surface area contributed by atoms with Crippen molar-refractivity contribution in [1.82, 2.24) is 0 Å². The molecule has 0 saturated heterocycles. The Balaban J connectivity index is 3.63. The minimum atomic E-state index is 0.879. The molecule has 0 nitrogen and oxygen atoms in total. The van der Waals surface area contributed by atoms with Gasteiger partial charge in [-0.05, 0) is 30.1 Å². The zero-order valence-electron chi connectivity index (χ0n) is 14.0. The Morgan fingerprint density at radius 1 is 0.667 bits per heavy atom. The van der Waals surface area contributed by atoms with Gasteiger partial charge in [0.15, 0.2) is 0 Å². The summed E-state index contributed by atoms with van der Waals surface area (Å²) in [6, 6.07) is 0. The van der Waals surface area contributed by atoms with Gasteiger partial charge >= 0.3 is 0 Å². The summed E-state index contributed by atoms with van der Waals surface area (Å²) in [5.74, 6) is 3.72. The molecule has 0 aromatic heterocycles. The van der Waals surface area contributed by atoms with Gasteiger partial charge in [-0.2, -0.15) is 0 Å². The molecule has 0 radical (unpaired) electrons. The number of hydrogen-bond acceptors (Lipinski definition) is 0. The summed E-state index contributed by atoms with van der Waals surface area (Å²) in [5, 5.41) is 0. The van der Waals surface area contributed by atoms with Gasteiger partial charge in [0.05, 0.1) is 0 Å². The van der Waals surface area contributed by atoms with Gasteiger partial charge in [0.2, 0.25) is 0 Å². The van der Waals surface area contributed by atoms with Crippen molar-refractivity contribution in [3.8, 4) is 0 Å². The highest BCUT2D eigenvalue weighted by Gasteiger charge is 2.11. The van der Waals surface area contributed by atoms with Crippen LogP contribution in [-0.2, 0) is 0 Å². The molecule has 0 aromatic carbocycles. The van der Waals surface area contributed by atoms with E-state index in [0.29, 0.717) is 0 Å². The average Bonchev–Trinajstić information content (AvgIpc) is 2.29. The molecule has 2 unspecified atom stereocenters. The first-order chi connectivity index (χ1) is 8.49. The van der Waals surface area contributed by atoms with Gasteiger partial charge in [0.1, 0.15) is 0 Å². The van der Waals surface area contributed by atoms with Crippen molar-refractivity contribution < 1.29 is 0 Å². The van der Waals surface area contributed by atoms with E-state index in [1.807, 2.05) is 0 Å². The maximum absolute atomic E-state index is 2.46. The zero-order chi connectivity index (χ0) is 14.0. The third-order valence-corrected chi connectivity index (χ3v) is 4.51. The molecule has 0 bridgehead atoms. The number of hydrogen-bond donors (Lipinski definition) is 0. The maximum atomic E-state index is 2.46.